The molecule has 0 aliphatic carbocycles. The van der Waals surface area contributed by atoms with E-state index in [9.17, 15) is 20.1 Å². The Kier molecular flexibility index (Phi) is 3.34. The second-order valence-corrected chi connectivity index (χ2v) is 5.57. The van der Waals surface area contributed by atoms with E-state index < -0.39 is 5.78 Å². The van der Waals surface area contributed by atoms with Gasteiger partial charge < -0.3 is 20.1 Å². The number of nitrogens with zero attached hydrogens (tertiary/aromatic N) is 1. The predicted molar refractivity (Wildman–Crippen MR) is 81.0 cm³/mol. The van der Waals surface area contributed by atoms with E-state index in [0.717, 1.165) is 22.1 Å². The van der Waals surface area contributed by atoms with Crippen molar-refractivity contribution in [2.24, 2.45) is 0 Å². The van der Waals surface area contributed by atoms with Crippen LogP contribution in [0.3, 0.4) is 0 Å². The predicted octanol–water partition coefficient (Wildman–Crippen LogP) is 2.65. The molecule has 0 atom stereocenters. The number of aromatic nitrogens is 1. The quantitative estimate of drug-likeness (QED) is 0.507. The molecule has 0 amide bonds. The molecule has 22 heavy (non-hydrogen) atoms. The summed E-state index contributed by atoms with van der Waals surface area (Å²) in [5, 5.41) is 29.3. The lowest BCUT2D eigenvalue weighted by Crippen LogP contribution is -2.01. The van der Waals surface area contributed by atoms with Gasteiger partial charge in [-0.25, -0.2) is 4.98 Å². The number of hydrogen-bond acceptors (Lipinski definition) is 7. The second-order valence-electron chi connectivity index (χ2n) is 4.54. The van der Waals surface area contributed by atoms with Crippen molar-refractivity contribution in [1.29, 1.82) is 0 Å². The summed E-state index contributed by atoms with van der Waals surface area (Å²) in [6.45, 7) is 0. The number of ketones is 1. The molecule has 3 N–H and O–H groups in total. The summed E-state index contributed by atoms with van der Waals surface area (Å²) < 4.78 is 5.60. The van der Waals surface area contributed by atoms with E-state index in [1.54, 1.807) is 6.07 Å². The van der Waals surface area contributed by atoms with Gasteiger partial charge in [-0.3, -0.25) is 4.79 Å². The molecule has 3 aromatic rings. The molecule has 0 saturated carbocycles. The first kappa shape index (κ1) is 14.2. The first-order valence-electron chi connectivity index (χ1n) is 6.24. The van der Waals surface area contributed by atoms with Gasteiger partial charge in [-0.1, -0.05) is 0 Å². The summed E-state index contributed by atoms with van der Waals surface area (Å²) in [5.74, 6) is -0.940. The van der Waals surface area contributed by atoms with E-state index >= 15 is 0 Å². The molecular weight excluding hydrogens is 306 g/mol. The average molecular weight is 317 g/mol. The molecule has 6 nitrogen and oxygen atoms in total. The fraction of sp³-hybridized carbons (Fsp3) is 0.0667. The fourth-order valence-electron chi connectivity index (χ4n) is 2.03. The highest BCUT2D eigenvalue weighted by Crippen LogP contribution is 2.35. The van der Waals surface area contributed by atoms with Gasteiger partial charge >= 0.3 is 0 Å². The molecule has 0 aliphatic rings. The lowest BCUT2D eigenvalue weighted by Gasteiger charge is -2.07. The Morgan fingerprint density at radius 3 is 2.64 bits per heavy atom. The van der Waals surface area contributed by atoms with Crippen LogP contribution < -0.4 is 4.74 Å². The minimum atomic E-state index is -0.517. The normalized spacial score (nSPS) is 10.8. The molecule has 0 aliphatic heterocycles. The number of benzene rings is 2. The number of carbonyl (C=O) groups excluding carboxylic acids is 1. The summed E-state index contributed by atoms with van der Waals surface area (Å²) in [6.07, 6.45) is 0. The molecule has 7 heteroatoms. The van der Waals surface area contributed by atoms with Crippen LogP contribution in [-0.2, 0) is 0 Å². The van der Waals surface area contributed by atoms with Crippen LogP contribution in [-0.4, -0.2) is 33.2 Å². The van der Waals surface area contributed by atoms with Crippen LogP contribution in [0.15, 0.2) is 30.3 Å². The monoisotopic (exact) mass is 317 g/mol. The van der Waals surface area contributed by atoms with Crippen LogP contribution in [0.25, 0.3) is 10.2 Å². The van der Waals surface area contributed by atoms with Gasteiger partial charge in [0, 0.05) is 12.1 Å². The van der Waals surface area contributed by atoms with Crippen molar-refractivity contribution in [2.75, 3.05) is 7.11 Å². The molecule has 0 bridgehead atoms. The van der Waals surface area contributed by atoms with Crippen molar-refractivity contribution in [3.8, 4) is 23.0 Å². The Balaban J connectivity index is 2.07. The minimum absolute atomic E-state index is 0.0572. The highest BCUT2D eigenvalue weighted by Gasteiger charge is 2.20. The number of phenolic OH excluding ortho intramolecular Hbond substituents is 3. The first-order chi connectivity index (χ1) is 10.5. The van der Waals surface area contributed by atoms with E-state index in [1.165, 1.54) is 25.3 Å². The van der Waals surface area contributed by atoms with Crippen molar-refractivity contribution in [3.63, 3.8) is 0 Å². The van der Waals surface area contributed by atoms with Crippen molar-refractivity contribution in [1.82, 2.24) is 4.98 Å². The summed E-state index contributed by atoms with van der Waals surface area (Å²) in [7, 11) is 1.34. The molecule has 1 aromatic heterocycles. The Morgan fingerprint density at radius 1 is 1.14 bits per heavy atom. The van der Waals surface area contributed by atoms with Crippen LogP contribution >= 0.6 is 11.3 Å². The standard InChI is InChI=1S/C15H11NO5S/c1-21-12-6-10(18)8(5-11(12)19)14(20)15-16-9-4-7(17)2-3-13(9)22-15/h2-6,17-19H,1H3. The molecule has 3 rings (SSSR count). The Hall–Kier alpha value is -2.80. The number of hydrogen-bond donors (Lipinski definition) is 3. The maximum atomic E-state index is 12.4. The van der Waals surface area contributed by atoms with Crippen LogP contribution in [0.2, 0.25) is 0 Å². The van der Waals surface area contributed by atoms with Crippen LogP contribution in [0, 0.1) is 0 Å². The topological polar surface area (TPSA) is 99.9 Å². The molecule has 0 saturated heterocycles. The molecule has 2 aromatic carbocycles. The lowest BCUT2D eigenvalue weighted by molar-refractivity contribution is 0.103. The van der Waals surface area contributed by atoms with E-state index in [4.69, 9.17) is 4.74 Å². The highest BCUT2D eigenvalue weighted by atomic mass is 32.1. The number of fused-ring (bicyclic) bond motifs is 1. The van der Waals surface area contributed by atoms with Gasteiger partial charge in [0.25, 0.3) is 0 Å². The second kappa shape index (κ2) is 5.19. The smallest absolute Gasteiger partial charge is 0.225 e. The zero-order valence-corrected chi connectivity index (χ0v) is 12.2. The van der Waals surface area contributed by atoms with E-state index in [0.29, 0.717) is 5.52 Å². The summed E-state index contributed by atoms with van der Waals surface area (Å²) in [5.41, 5.74) is 0.423. The van der Waals surface area contributed by atoms with Crippen molar-refractivity contribution in [2.45, 2.75) is 0 Å². The number of rotatable bonds is 3. The third-order valence-corrected chi connectivity index (χ3v) is 4.14. The van der Waals surface area contributed by atoms with Gasteiger partial charge in [0.05, 0.1) is 22.9 Å². The number of aromatic hydroxyl groups is 3. The molecular formula is C15H11NO5S. The summed E-state index contributed by atoms with van der Waals surface area (Å²) in [6, 6.07) is 6.92. The molecule has 0 unspecified atom stereocenters. The molecule has 0 radical (unpaired) electrons. The average Bonchev–Trinajstić information content (AvgIpc) is 2.91. The highest BCUT2D eigenvalue weighted by molar-refractivity contribution is 7.20. The maximum absolute atomic E-state index is 12.4. The zero-order valence-electron chi connectivity index (χ0n) is 11.4. The molecule has 112 valence electrons. The van der Waals surface area contributed by atoms with Gasteiger partial charge in [-0.2, -0.15) is 0 Å². The van der Waals surface area contributed by atoms with Gasteiger partial charge in [0.15, 0.2) is 16.5 Å². The number of phenols is 3. The molecule has 0 spiro atoms. The van der Waals surface area contributed by atoms with Crippen LogP contribution in [0.4, 0.5) is 0 Å². The number of thiazole rings is 1. The lowest BCUT2D eigenvalue weighted by atomic mass is 10.1. The fourth-order valence-corrected chi connectivity index (χ4v) is 2.93. The van der Waals surface area contributed by atoms with Crippen molar-refractivity contribution < 1.29 is 24.9 Å². The molecule has 1 heterocycles. The number of carbonyl (C=O) groups is 1. The SMILES string of the molecule is COc1cc(O)c(C(=O)c2nc3cc(O)ccc3s2)cc1O. The maximum Gasteiger partial charge on any atom is 0.225 e. The summed E-state index contributed by atoms with van der Waals surface area (Å²) in [4.78, 5) is 16.6. The van der Waals surface area contributed by atoms with Crippen molar-refractivity contribution in [3.05, 3.63) is 40.9 Å². The van der Waals surface area contributed by atoms with Gasteiger partial charge in [-0.05, 0) is 18.2 Å². The minimum Gasteiger partial charge on any atom is -0.508 e. The first-order valence-corrected chi connectivity index (χ1v) is 7.05. The van der Waals surface area contributed by atoms with Gasteiger partial charge in [-0.15, -0.1) is 11.3 Å². The molecule has 0 fully saturated rings. The third kappa shape index (κ3) is 2.31. The van der Waals surface area contributed by atoms with E-state index in [-0.39, 0.29) is 33.6 Å². The van der Waals surface area contributed by atoms with Crippen LogP contribution in [0.5, 0.6) is 23.0 Å². The Bertz CT molecular complexity index is 887. The van der Waals surface area contributed by atoms with E-state index in [2.05, 4.69) is 4.98 Å². The van der Waals surface area contributed by atoms with E-state index in [1.807, 2.05) is 0 Å². The largest absolute Gasteiger partial charge is 0.508 e. The van der Waals surface area contributed by atoms with Gasteiger partial charge in [0.1, 0.15) is 11.5 Å². The van der Waals surface area contributed by atoms with Crippen molar-refractivity contribution >= 4 is 27.3 Å². The number of ether oxygens (including phenoxy) is 1. The third-order valence-electron chi connectivity index (χ3n) is 3.11. The Labute approximate surface area is 128 Å². The number of methoxy groups -OCH3 is 1. The Morgan fingerprint density at radius 2 is 1.91 bits per heavy atom. The van der Waals surface area contributed by atoms with Gasteiger partial charge in [0.2, 0.25) is 5.78 Å². The summed E-state index contributed by atoms with van der Waals surface area (Å²) >= 11 is 1.14. The van der Waals surface area contributed by atoms with Crippen LogP contribution in [0.1, 0.15) is 15.4 Å². The zero-order chi connectivity index (χ0) is 15.9.